The predicted molar refractivity (Wildman–Crippen MR) is 74.5 cm³/mol. The lowest BCUT2D eigenvalue weighted by Gasteiger charge is -2.55. The molecule has 1 N–H and O–H groups in total. The first kappa shape index (κ1) is 12.5. The van der Waals surface area contributed by atoms with Crippen LogP contribution in [-0.4, -0.2) is 11.1 Å². The van der Waals surface area contributed by atoms with Crippen molar-refractivity contribution in [3.63, 3.8) is 0 Å². The summed E-state index contributed by atoms with van der Waals surface area (Å²) >= 11 is 0. The molecule has 5 rings (SSSR count). The van der Waals surface area contributed by atoms with Crippen LogP contribution in [0.4, 0.5) is 0 Å². The normalized spacial score (nSPS) is 38.3. The fourth-order valence-corrected chi connectivity index (χ4v) is 5.44. The highest BCUT2D eigenvalue weighted by Gasteiger charge is 2.53. The molecule has 3 nitrogen and oxygen atoms in total. The molecule has 108 valence electrons. The largest absolute Gasteiger partial charge is 0.481 e. The molecule has 0 radical (unpaired) electrons. The van der Waals surface area contributed by atoms with Crippen molar-refractivity contribution in [1.82, 2.24) is 0 Å². The van der Waals surface area contributed by atoms with Gasteiger partial charge in [-0.25, -0.2) is 0 Å². The Labute approximate surface area is 119 Å². The molecule has 0 aromatic carbocycles. The van der Waals surface area contributed by atoms with Crippen LogP contribution >= 0.6 is 0 Å². The summed E-state index contributed by atoms with van der Waals surface area (Å²) in [6.45, 7) is 0. The van der Waals surface area contributed by atoms with E-state index in [2.05, 4.69) is 6.07 Å². The molecule has 0 saturated heterocycles. The molecule has 3 heteroatoms. The molecule has 4 fully saturated rings. The van der Waals surface area contributed by atoms with E-state index in [1.54, 1.807) is 0 Å². The van der Waals surface area contributed by atoms with Crippen molar-refractivity contribution in [3.8, 4) is 0 Å². The molecule has 4 aliphatic rings. The molecule has 0 unspecified atom stereocenters. The minimum Gasteiger partial charge on any atom is -0.481 e. The monoisotopic (exact) mass is 274 g/mol. The van der Waals surface area contributed by atoms with Crippen molar-refractivity contribution >= 4 is 5.97 Å². The van der Waals surface area contributed by atoms with Crippen molar-refractivity contribution in [2.45, 2.75) is 56.8 Å². The Kier molecular flexibility index (Phi) is 2.73. The topological polar surface area (TPSA) is 50.4 Å². The van der Waals surface area contributed by atoms with Crippen LogP contribution in [0.5, 0.6) is 0 Å². The van der Waals surface area contributed by atoms with Crippen LogP contribution in [0.15, 0.2) is 16.5 Å². The maximum absolute atomic E-state index is 10.7. The predicted octanol–water partition coefficient (Wildman–Crippen LogP) is 3.76. The van der Waals surface area contributed by atoms with Gasteiger partial charge in [-0.3, -0.25) is 4.79 Å². The number of aryl methyl sites for hydroxylation is 1. The van der Waals surface area contributed by atoms with Crippen LogP contribution in [0.25, 0.3) is 0 Å². The number of carbonyl (C=O) groups is 1. The first-order chi connectivity index (χ1) is 9.63. The molecule has 20 heavy (non-hydrogen) atoms. The van der Waals surface area contributed by atoms with Gasteiger partial charge in [0.1, 0.15) is 11.5 Å². The van der Waals surface area contributed by atoms with Crippen molar-refractivity contribution in [2.24, 2.45) is 17.8 Å². The number of aliphatic carboxylic acids is 1. The van der Waals surface area contributed by atoms with E-state index < -0.39 is 5.97 Å². The Morgan fingerprint density at radius 3 is 2.30 bits per heavy atom. The molecule has 0 atom stereocenters. The Morgan fingerprint density at radius 2 is 1.75 bits per heavy atom. The van der Waals surface area contributed by atoms with Crippen LogP contribution in [0.2, 0.25) is 0 Å². The van der Waals surface area contributed by atoms with E-state index in [4.69, 9.17) is 9.52 Å². The van der Waals surface area contributed by atoms with Gasteiger partial charge in [0.05, 0.1) is 6.42 Å². The zero-order valence-electron chi connectivity index (χ0n) is 11.8. The fourth-order valence-electron chi connectivity index (χ4n) is 5.44. The third-order valence-electron chi connectivity index (χ3n) is 5.81. The second-order valence-corrected chi connectivity index (χ2v) is 7.36. The molecule has 4 aliphatic carbocycles. The Morgan fingerprint density at radius 1 is 1.15 bits per heavy atom. The summed E-state index contributed by atoms with van der Waals surface area (Å²) in [5, 5.41) is 8.77. The molecule has 0 spiro atoms. The first-order valence-electron chi connectivity index (χ1n) is 7.94. The third-order valence-corrected chi connectivity index (χ3v) is 5.81. The second-order valence-electron chi connectivity index (χ2n) is 7.36. The maximum Gasteiger partial charge on any atom is 0.303 e. The van der Waals surface area contributed by atoms with E-state index in [-0.39, 0.29) is 11.8 Å². The van der Waals surface area contributed by atoms with Crippen LogP contribution in [0.1, 0.15) is 56.5 Å². The van der Waals surface area contributed by atoms with E-state index in [1.807, 2.05) is 6.07 Å². The average Bonchev–Trinajstić information content (AvgIpc) is 2.84. The zero-order valence-corrected chi connectivity index (χ0v) is 11.8. The summed E-state index contributed by atoms with van der Waals surface area (Å²) in [6, 6.07) is 4.13. The maximum atomic E-state index is 10.7. The molecule has 4 saturated carbocycles. The Balaban J connectivity index is 1.56. The Hall–Kier alpha value is -1.25. The van der Waals surface area contributed by atoms with E-state index >= 15 is 0 Å². The molecule has 0 aliphatic heterocycles. The first-order valence-corrected chi connectivity index (χ1v) is 7.94. The lowest BCUT2D eigenvalue weighted by molar-refractivity contribution is -0.137. The van der Waals surface area contributed by atoms with Crippen molar-refractivity contribution in [1.29, 1.82) is 0 Å². The quantitative estimate of drug-likeness (QED) is 0.909. The molecule has 4 bridgehead atoms. The third kappa shape index (κ3) is 1.99. The number of carboxylic acid groups (broad SMARTS) is 1. The Bertz CT molecular complexity index is 493. The molecular weight excluding hydrogens is 252 g/mol. The molecular formula is C17H22O3. The van der Waals surface area contributed by atoms with Gasteiger partial charge in [-0.1, -0.05) is 0 Å². The minimum absolute atomic E-state index is 0.161. The molecule has 0 amide bonds. The number of hydrogen-bond acceptors (Lipinski definition) is 2. The molecule has 1 aromatic heterocycles. The van der Waals surface area contributed by atoms with Gasteiger partial charge in [0, 0.05) is 11.8 Å². The standard InChI is InChI=1S/C17H22O3/c18-16(19)4-2-14-1-3-15(20-14)17-8-11-5-12(9-17)7-13(6-11)10-17/h1,3,11-13H,2,4-10H2,(H,18,19). The van der Waals surface area contributed by atoms with Gasteiger partial charge in [0.2, 0.25) is 0 Å². The fraction of sp³-hybridized carbons (Fsp3) is 0.706. The second kappa shape index (κ2) is 4.37. The van der Waals surface area contributed by atoms with E-state index in [0.29, 0.717) is 6.42 Å². The highest BCUT2D eigenvalue weighted by molar-refractivity contribution is 5.66. The SMILES string of the molecule is O=C(O)CCc1ccc(C23CC4CC(CC(C4)C2)C3)o1. The molecule has 1 aromatic rings. The highest BCUT2D eigenvalue weighted by Crippen LogP contribution is 2.60. The number of furan rings is 1. The van der Waals surface area contributed by atoms with Gasteiger partial charge >= 0.3 is 5.97 Å². The van der Waals surface area contributed by atoms with Gasteiger partial charge in [-0.15, -0.1) is 0 Å². The average molecular weight is 274 g/mol. The highest BCUT2D eigenvalue weighted by atomic mass is 16.4. The number of rotatable bonds is 4. The smallest absolute Gasteiger partial charge is 0.303 e. The van der Waals surface area contributed by atoms with Crippen LogP contribution in [-0.2, 0) is 16.6 Å². The summed E-state index contributed by atoms with van der Waals surface area (Å²) in [5.41, 5.74) is 0.288. The molecule has 1 heterocycles. The summed E-state index contributed by atoms with van der Waals surface area (Å²) in [5.74, 6) is 3.98. The lowest BCUT2D eigenvalue weighted by atomic mass is 9.49. The van der Waals surface area contributed by atoms with E-state index in [1.165, 1.54) is 38.5 Å². The van der Waals surface area contributed by atoms with Gasteiger partial charge in [-0.2, -0.15) is 0 Å². The lowest BCUT2D eigenvalue weighted by Crippen LogP contribution is -2.48. The van der Waals surface area contributed by atoms with E-state index in [0.717, 1.165) is 29.3 Å². The van der Waals surface area contributed by atoms with Crippen molar-refractivity contribution in [3.05, 3.63) is 23.7 Å². The zero-order chi connectivity index (χ0) is 13.7. The summed E-state index contributed by atoms with van der Waals surface area (Å²) in [4.78, 5) is 10.7. The minimum atomic E-state index is -0.752. The van der Waals surface area contributed by atoms with Gasteiger partial charge in [0.15, 0.2) is 0 Å². The van der Waals surface area contributed by atoms with Gasteiger partial charge in [0.25, 0.3) is 0 Å². The summed E-state index contributed by atoms with van der Waals surface area (Å²) in [7, 11) is 0. The number of hydrogen-bond donors (Lipinski definition) is 1. The van der Waals surface area contributed by atoms with Gasteiger partial charge in [-0.05, 0) is 68.4 Å². The van der Waals surface area contributed by atoms with E-state index in [9.17, 15) is 4.79 Å². The van der Waals surface area contributed by atoms with Crippen LogP contribution in [0.3, 0.4) is 0 Å². The summed E-state index contributed by atoms with van der Waals surface area (Å²) in [6.07, 6.45) is 8.87. The summed E-state index contributed by atoms with van der Waals surface area (Å²) < 4.78 is 6.06. The van der Waals surface area contributed by atoms with Crippen LogP contribution < -0.4 is 0 Å². The van der Waals surface area contributed by atoms with Crippen LogP contribution in [0, 0.1) is 17.8 Å². The number of carboxylic acids is 1. The van der Waals surface area contributed by atoms with Crippen molar-refractivity contribution in [2.75, 3.05) is 0 Å². The van der Waals surface area contributed by atoms with Crippen molar-refractivity contribution < 1.29 is 14.3 Å². The van der Waals surface area contributed by atoms with Gasteiger partial charge < -0.3 is 9.52 Å².